The standard InChI is InChI=1S/C25H43NO3/c1-16(6-5-7-22(28)29)18-8-9-19-23-20(10-11-25(18,19)3)24(2)12-13-26(4)15-17(24)14-21(23)27/h16-21,23,27H,5-15H2,1-4H3,(H,28,29)/t16-,17-,18-,19+,20+,21+,23+,24+,25-/m1/s1. The van der Waals surface area contributed by atoms with Gasteiger partial charge in [-0.3, -0.25) is 4.79 Å². The molecule has 4 heteroatoms. The summed E-state index contributed by atoms with van der Waals surface area (Å²) in [6.07, 6.45) is 9.41. The molecule has 4 fully saturated rings. The molecular weight excluding hydrogens is 362 g/mol. The average molecular weight is 406 g/mol. The van der Waals surface area contributed by atoms with Crippen molar-refractivity contribution >= 4 is 5.97 Å². The third-order valence-corrected chi connectivity index (χ3v) is 10.5. The summed E-state index contributed by atoms with van der Waals surface area (Å²) >= 11 is 0. The van der Waals surface area contributed by atoms with Crippen LogP contribution in [-0.2, 0) is 4.79 Å². The molecule has 4 aliphatic rings. The van der Waals surface area contributed by atoms with Gasteiger partial charge in [-0.2, -0.15) is 0 Å². The maximum atomic E-state index is 11.3. The average Bonchev–Trinajstić information content (AvgIpc) is 3.00. The van der Waals surface area contributed by atoms with Crippen molar-refractivity contribution in [3.8, 4) is 0 Å². The zero-order chi connectivity index (χ0) is 21.0. The fourth-order valence-corrected chi connectivity index (χ4v) is 8.84. The number of hydrogen-bond acceptors (Lipinski definition) is 3. The molecule has 3 aliphatic carbocycles. The maximum absolute atomic E-state index is 11.3. The van der Waals surface area contributed by atoms with E-state index in [1.54, 1.807) is 0 Å². The molecule has 9 atom stereocenters. The van der Waals surface area contributed by atoms with Crippen LogP contribution in [0.4, 0.5) is 0 Å². The first-order valence-corrected chi connectivity index (χ1v) is 12.2. The second-order valence-corrected chi connectivity index (χ2v) is 11.8. The van der Waals surface area contributed by atoms with Gasteiger partial charge in [-0.1, -0.05) is 20.8 Å². The van der Waals surface area contributed by atoms with E-state index in [0.717, 1.165) is 25.8 Å². The van der Waals surface area contributed by atoms with E-state index in [1.165, 1.54) is 38.6 Å². The van der Waals surface area contributed by atoms with E-state index in [1.807, 2.05) is 0 Å². The van der Waals surface area contributed by atoms with Gasteiger partial charge < -0.3 is 15.1 Å². The predicted octanol–water partition coefficient (Wildman–Crippen LogP) is 4.66. The number of piperidine rings is 1. The second kappa shape index (κ2) is 7.82. The molecule has 0 aromatic heterocycles. The number of aliphatic hydroxyl groups excluding tert-OH is 1. The molecule has 0 unspecified atom stereocenters. The molecule has 4 rings (SSSR count). The summed E-state index contributed by atoms with van der Waals surface area (Å²) < 4.78 is 0. The van der Waals surface area contributed by atoms with Crippen LogP contribution in [0.5, 0.6) is 0 Å². The van der Waals surface area contributed by atoms with Gasteiger partial charge in [0.15, 0.2) is 0 Å². The summed E-state index contributed by atoms with van der Waals surface area (Å²) in [5, 5.41) is 20.3. The van der Waals surface area contributed by atoms with E-state index in [4.69, 9.17) is 5.11 Å². The molecule has 0 bridgehead atoms. The van der Waals surface area contributed by atoms with Crippen molar-refractivity contribution in [2.75, 3.05) is 20.1 Å². The van der Waals surface area contributed by atoms with Crippen LogP contribution in [0.15, 0.2) is 0 Å². The van der Waals surface area contributed by atoms with Crippen molar-refractivity contribution in [1.29, 1.82) is 0 Å². The maximum Gasteiger partial charge on any atom is 0.303 e. The first-order valence-electron chi connectivity index (χ1n) is 12.2. The second-order valence-electron chi connectivity index (χ2n) is 11.8. The fraction of sp³-hybridized carbons (Fsp3) is 0.960. The molecule has 0 spiro atoms. The monoisotopic (exact) mass is 405 g/mol. The van der Waals surface area contributed by atoms with Gasteiger partial charge in [0, 0.05) is 13.0 Å². The van der Waals surface area contributed by atoms with Gasteiger partial charge in [0.25, 0.3) is 0 Å². The lowest BCUT2D eigenvalue weighted by Crippen LogP contribution is -2.60. The summed E-state index contributed by atoms with van der Waals surface area (Å²) in [4.78, 5) is 13.4. The van der Waals surface area contributed by atoms with Gasteiger partial charge in [-0.25, -0.2) is 0 Å². The van der Waals surface area contributed by atoms with E-state index in [0.29, 0.717) is 52.8 Å². The van der Waals surface area contributed by atoms with Gasteiger partial charge in [0.1, 0.15) is 0 Å². The SMILES string of the molecule is C[C@H](CCCC(=O)O)[C@H]1CC[C@H]2[C@@H]3[C@@H](O)C[C@@H]4CN(C)CC[C@]4(C)[C@H]3CC[C@]12C. The van der Waals surface area contributed by atoms with Gasteiger partial charge in [-0.05, 0) is 111 Å². The highest BCUT2D eigenvalue weighted by atomic mass is 16.4. The first kappa shape index (κ1) is 21.6. The minimum atomic E-state index is -0.667. The molecule has 0 radical (unpaired) electrons. The van der Waals surface area contributed by atoms with Crippen LogP contribution in [0, 0.1) is 46.3 Å². The molecule has 166 valence electrons. The quantitative estimate of drug-likeness (QED) is 0.698. The van der Waals surface area contributed by atoms with Crippen molar-refractivity contribution in [1.82, 2.24) is 4.90 Å². The minimum absolute atomic E-state index is 0.129. The molecule has 1 aliphatic heterocycles. The van der Waals surface area contributed by atoms with Crippen LogP contribution >= 0.6 is 0 Å². The Morgan fingerprint density at radius 2 is 1.86 bits per heavy atom. The van der Waals surface area contributed by atoms with Gasteiger partial charge in [0.2, 0.25) is 0 Å². The zero-order valence-electron chi connectivity index (χ0n) is 19.1. The van der Waals surface area contributed by atoms with Crippen LogP contribution in [0.1, 0.15) is 78.6 Å². The van der Waals surface area contributed by atoms with Crippen molar-refractivity contribution in [2.45, 2.75) is 84.7 Å². The summed E-state index contributed by atoms with van der Waals surface area (Å²) in [7, 11) is 2.24. The van der Waals surface area contributed by atoms with Crippen LogP contribution in [0.2, 0.25) is 0 Å². The number of hydrogen-bond donors (Lipinski definition) is 2. The van der Waals surface area contributed by atoms with Crippen molar-refractivity contribution in [3.05, 3.63) is 0 Å². The lowest BCUT2D eigenvalue weighted by molar-refractivity contribution is -0.170. The van der Waals surface area contributed by atoms with E-state index < -0.39 is 5.97 Å². The van der Waals surface area contributed by atoms with E-state index in [2.05, 4.69) is 32.7 Å². The molecular formula is C25H43NO3. The highest BCUT2D eigenvalue weighted by Crippen LogP contribution is 2.67. The Hall–Kier alpha value is -0.610. The Labute approximate surface area is 177 Å². The number of carboxylic acids is 1. The third-order valence-electron chi connectivity index (χ3n) is 10.5. The van der Waals surface area contributed by atoms with Gasteiger partial charge in [0.05, 0.1) is 6.10 Å². The molecule has 4 nitrogen and oxygen atoms in total. The van der Waals surface area contributed by atoms with Crippen LogP contribution in [-0.4, -0.2) is 47.3 Å². The third kappa shape index (κ3) is 3.56. The van der Waals surface area contributed by atoms with E-state index in [-0.39, 0.29) is 6.10 Å². The van der Waals surface area contributed by atoms with Gasteiger partial charge in [-0.15, -0.1) is 0 Å². The Bertz CT molecular complexity index is 623. The molecule has 2 N–H and O–H groups in total. The molecule has 0 aromatic rings. The number of nitrogens with zero attached hydrogens (tertiary/aromatic N) is 1. The molecule has 0 aromatic carbocycles. The van der Waals surface area contributed by atoms with Crippen LogP contribution in [0.25, 0.3) is 0 Å². The van der Waals surface area contributed by atoms with Crippen molar-refractivity contribution in [3.63, 3.8) is 0 Å². The van der Waals surface area contributed by atoms with E-state index in [9.17, 15) is 9.90 Å². The van der Waals surface area contributed by atoms with Crippen LogP contribution in [0.3, 0.4) is 0 Å². The summed E-state index contributed by atoms with van der Waals surface area (Å²) in [6, 6.07) is 0. The minimum Gasteiger partial charge on any atom is -0.481 e. The summed E-state index contributed by atoms with van der Waals surface area (Å²) in [5.41, 5.74) is 0.738. The molecule has 1 heterocycles. The van der Waals surface area contributed by atoms with Crippen molar-refractivity contribution < 1.29 is 15.0 Å². The molecule has 0 amide bonds. The number of carboxylic acid groups (broad SMARTS) is 1. The van der Waals surface area contributed by atoms with E-state index >= 15 is 0 Å². The predicted molar refractivity (Wildman–Crippen MR) is 116 cm³/mol. The number of aliphatic hydroxyl groups is 1. The Balaban J connectivity index is 1.51. The fourth-order valence-electron chi connectivity index (χ4n) is 8.84. The molecule has 3 saturated carbocycles. The largest absolute Gasteiger partial charge is 0.481 e. The Kier molecular flexibility index (Phi) is 5.83. The van der Waals surface area contributed by atoms with Gasteiger partial charge >= 0.3 is 5.97 Å². The molecule has 1 saturated heterocycles. The number of carbonyl (C=O) groups is 1. The van der Waals surface area contributed by atoms with Crippen LogP contribution < -0.4 is 0 Å². The Morgan fingerprint density at radius 1 is 1.14 bits per heavy atom. The zero-order valence-corrected chi connectivity index (χ0v) is 19.1. The number of rotatable bonds is 5. The highest BCUT2D eigenvalue weighted by Gasteiger charge is 2.62. The topological polar surface area (TPSA) is 60.8 Å². The van der Waals surface area contributed by atoms with Crippen molar-refractivity contribution in [2.24, 2.45) is 46.3 Å². The number of aliphatic carboxylic acids is 1. The number of fused-ring (bicyclic) bond motifs is 5. The summed E-state index contributed by atoms with van der Waals surface area (Å²) in [5.74, 6) is 3.08. The number of likely N-dealkylation sites (tertiary alicyclic amines) is 1. The normalized spacial score (nSPS) is 48.4. The molecule has 29 heavy (non-hydrogen) atoms. The lowest BCUT2D eigenvalue weighted by atomic mass is 9.44. The smallest absolute Gasteiger partial charge is 0.303 e. The summed E-state index contributed by atoms with van der Waals surface area (Å²) in [6.45, 7) is 9.80. The Morgan fingerprint density at radius 3 is 2.59 bits per heavy atom. The lowest BCUT2D eigenvalue weighted by Gasteiger charge is -2.62. The highest BCUT2D eigenvalue weighted by molar-refractivity contribution is 5.66. The first-order chi connectivity index (χ1) is 13.7.